The van der Waals surface area contributed by atoms with Gasteiger partial charge in [-0.05, 0) is 48.2 Å². The number of nitrogens with one attached hydrogen (secondary N) is 1. The van der Waals surface area contributed by atoms with Crippen molar-refractivity contribution in [1.82, 2.24) is 4.90 Å². The first-order valence-electron chi connectivity index (χ1n) is 9.66. The normalized spacial score (nSPS) is 16.1. The Morgan fingerprint density at radius 2 is 1.68 bits per heavy atom. The summed E-state index contributed by atoms with van der Waals surface area (Å²) in [5, 5.41) is 13.7. The van der Waals surface area contributed by atoms with Gasteiger partial charge in [-0.1, -0.05) is 54.6 Å². The van der Waals surface area contributed by atoms with Gasteiger partial charge in [0.15, 0.2) is 0 Å². The van der Waals surface area contributed by atoms with Crippen LogP contribution in [-0.2, 0) is 6.42 Å². The number of rotatable bonds is 5. The lowest BCUT2D eigenvalue weighted by atomic mass is 10.0. The molecule has 1 unspecified atom stereocenters. The fraction of sp³-hybridized carbons (Fsp3) is 0.208. The second kappa shape index (κ2) is 8.17. The zero-order valence-corrected chi connectivity index (χ0v) is 15.7. The highest BCUT2D eigenvalue weighted by molar-refractivity contribution is 5.97. The van der Waals surface area contributed by atoms with Crippen LogP contribution in [-0.4, -0.2) is 35.0 Å². The summed E-state index contributed by atoms with van der Waals surface area (Å²) in [6.45, 7) is 1.32. The number of amides is 1. The molecule has 1 fully saturated rings. The van der Waals surface area contributed by atoms with Gasteiger partial charge in [0, 0.05) is 24.8 Å². The molecule has 2 N–H and O–H groups in total. The number of likely N-dealkylation sites (tertiary alicyclic amines) is 1. The minimum absolute atomic E-state index is 0.0429. The number of carbonyl (C=O) groups excluding carboxylic acids is 1. The van der Waals surface area contributed by atoms with Gasteiger partial charge in [-0.25, -0.2) is 0 Å². The van der Waals surface area contributed by atoms with E-state index in [1.807, 2.05) is 65.6 Å². The second-order valence-corrected chi connectivity index (χ2v) is 7.26. The van der Waals surface area contributed by atoms with Gasteiger partial charge < -0.3 is 15.3 Å². The Morgan fingerprint density at radius 3 is 2.43 bits per heavy atom. The Morgan fingerprint density at radius 1 is 0.964 bits per heavy atom. The molecule has 0 aromatic heterocycles. The average Bonchev–Trinajstić information content (AvgIpc) is 3.19. The van der Waals surface area contributed by atoms with Crippen molar-refractivity contribution in [3.63, 3.8) is 0 Å². The first-order chi connectivity index (χ1) is 13.7. The number of phenolic OH excluding ortho intramolecular Hbond substituents is 1. The summed E-state index contributed by atoms with van der Waals surface area (Å²) in [4.78, 5) is 14.8. The van der Waals surface area contributed by atoms with Gasteiger partial charge in [0.1, 0.15) is 5.75 Å². The molecule has 1 aliphatic rings. The van der Waals surface area contributed by atoms with E-state index in [1.54, 1.807) is 6.07 Å². The molecule has 1 saturated heterocycles. The second-order valence-electron chi connectivity index (χ2n) is 7.26. The van der Waals surface area contributed by atoms with E-state index in [2.05, 4.69) is 17.4 Å². The molecule has 4 nitrogen and oxygen atoms in total. The molecule has 0 saturated carbocycles. The van der Waals surface area contributed by atoms with Crippen molar-refractivity contribution >= 4 is 11.6 Å². The van der Waals surface area contributed by atoms with E-state index < -0.39 is 0 Å². The highest BCUT2D eigenvalue weighted by Gasteiger charge is 2.28. The SMILES string of the molecule is O=C(c1cc(Cc2ccccc2)ccc1O)N1CCC(Nc2ccccc2)C1. The molecule has 0 radical (unpaired) electrons. The van der Waals surface area contributed by atoms with Crippen LogP contribution in [0.4, 0.5) is 5.69 Å². The third-order valence-electron chi connectivity index (χ3n) is 5.16. The minimum Gasteiger partial charge on any atom is -0.507 e. The Balaban J connectivity index is 1.45. The van der Waals surface area contributed by atoms with Crippen LogP contribution in [0.5, 0.6) is 5.75 Å². The van der Waals surface area contributed by atoms with E-state index in [1.165, 1.54) is 5.56 Å². The first-order valence-corrected chi connectivity index (χ1v) is 9.66. The predicted octanol–water partition coefficient (Wildman–Crippen LogP) is 4.31. The van der Waals surface area contributed by atoms with Gasteiger partial charge >= 0.3 is 0 Å². The van der Waals surface area contributed by atoms with Crippen molar-refractivity contribution in [1.29, 1.82) is 0 Å². The predicted molar refractivity (Wildman–Crippen MR) is 112 cm³/mol. The maximum absolute atomic E-state index is 13.0. The molecule has 142 valence electrons. The molecule has 0 bridgehead atoms. The highest BCUT2D eigenvalue weighted by Crippen LogP contribution is 2.25. The summed E-state index contributed by atoms with van der Waals surface area (Å²) in [5.41, 5.74) is 3.65. The number of phenols is 1. The smallest absolute Gasteiger partial charge is 0.257 e. The molecule has 1 atom stereocenters. The lowest BCUT2D eigenvalue weighted by molar-refractivity contribution is 0.0788. The lowest BCUT2D eigenvalue weighted by Gasteiger charge is -2.19. The maximum Gasteiger partial charge on any atom is 0.257 e. The van der Waals surface area contributed by atoms with Crippen molar-refractivity contribution < 1.29 is 9.90 Å². The van der Waals surface area contributed by atoms with Gasteiger partial charge in [0.25, 0.3) is 5.91 Å². The Bertz CT molecular complexity index is 941. The summed E-state index contributed by atoms with van der Waals surface area (Å²) in [5.74, 6) is -0.0638. The molecular formula is C24H24N2O2. The molecule has 0 spiro atoms. The van der Waals surface area contributed by atoms with Crippen molar-refractivity contribution in [2.24, 2.45) is 0 Å². The Hall–Kier alpha value is -3.27. The van der Waals surface area contributed by atoms with Crippen LogP contribution in [0.15, 0.2) is 78.9 Å². The zero-order chi connectivity index (χ0) is 19.3. The van der Waals surface area contributed by atoms with Crippen LogP contribution in [0.25, 0.3) is 0 Å². The number of carbonyl (C=O) groups is 1. The van der Waals surface area contributed by atoms with E-state index in [0.717, 1.165) is 24.1 Å². The average molecular weight is 372 g/mol. The van der Waals surface area contributed by atoms with Crippen molar-refractivity contribution in [3.8, 4) is 5.75 Å². The number of hydrogen-bond donors (Lipinski definition) is 2. The fourth-order valence-electron chi connectivity index (χ4n) is 3.70. The number of anilines is 1. The molecule has 0 aliphatic carbocycles. The van der Waals surface area contributed by atoms with E-state index in [4.69, 9.17) is 0 Å². The van der Waals surface area contributed by atoms with Crippen molar-refractivity contribution in [3.05, 3.63) is 95.6 Å². The third kappa shape index (κ3) is 4.17. The molecule has 28 heavy (non-hydrogen) atoms. The molecule has 1 aliphatic heterocycles. The molecular weight excluding hydrogens is 348 g/mol. The summed E-state index contributed by atoms with van der Waals surface area (Å²) >= 11 is 0. The maximum atomic E-state index is 13.0. The van der Waals surface area contributed by atoms with Crippen molar-refractivity contribution in [2.75, 3.05) is 18.4 Å². The highest BCUT2D eigenvalue weighted by atomic mass is 16.3. The van der Waals surface area contributed by atoms with Crippen LogP contribution >= 0.6 is 0 Å². The molecule has 1 heterocycles. The standard InChI is InChI=1S/C24H24N2O2/c27-23-12-11-19(15-18-7-3-1-4-8-18)16-22(23)24(28)26-14-13-21(17-26)25-20-9-5-2-6-10-20/h1-12,16,21,25,27H,13-15,17H2. The monoisotopic (exact) mass is 372 g/mol. The van der Waals surface area contributed by atoms with Gasteiger partial charge in [-0.15, -0.1) is 0 Å². The minimum atomic E-state index is -0.107. The zero-order valence-electron chi connectivity index (χ0n) is 15.7. The topological polar surface area (TPSA) is 52.6 Å². The largest absolute Gasteiger partial charge is 0.507 e. The fourth-order valence-corrected chi connectivity index (χ4v) is 3.70. The van der Waals surface area contributed by atoms with Crippen molar-refractivity contribution in [2.45, 2.75) is 18.9 Å². The van der Waals surface area contributed by atoms with Crippen LogP contribution < -0.4 is 5.32 Å². The van der Waals surface area contributed by atoms with Gasteiger partial charge in [-0.3, -0.25) is 4.79 Å². The summed E-state index contributed by atoms with van der Waals surface area (Å²) < 4.78 is 0. The molecule has 3 aromatic carbocycles. The molecule has 3 aromatic rings. The Kier molecular flexibility index (Phi) is 5.29. The van der Waals surface area contributed by atoms with E-state index in [0.29, 0.717) is 18.7 Å². The van der Waals surface area contributed by atoms with E-state index in [9.17, 15) is 9.90 Å². The van der Waals surface area contributed by atoms with Crippen LogP contribution in [0.1, 0.15) is 27.9 Å². The lowest BCUT2D eigenvalue weighted by Crippen LogP contribution is -2.31. The quantitative estimate of drug-likeness (QED) is 0.702. The van der Waals surface area contributed by atoms with E-state index in [-0.39, 0.29) is 17.7 Å². The number of nitrogens with zero attached hydrogens (tertiary/aromatic N) is 1. The Labute approximate surface area is 165 Å². The number of para-hydroxylation sites is 1. The third-order valence-corrected chi connectivity index (χ3v) is 5.16. The van der Waals surface area contributed by atoms with Gasteiger partial charge in [0.05, 0.1) is 5.56 Å². The van der Waals surface area contributed by atoms with E-state index >= 15 is 0 Å². The summed E-state index contributed by atoms with van der Waals surface area (Å²) in [6, 6.07) is 25.7. The molecule has 4 rings (SSSR count). The number of hydrogen-bond acceptors (Lipinski definition) is 3. The van der Waals surface area contributed by atoms with Crippen LogP contribution in [0, 0.1) is 0 Å². The summed E-state index contributed by atoms with van der Waals surface area (Å²) in [7, 11) is 0. The van der Waals surface area contributed by atoms with Crippen LogP contribution in [0.3, 0.4) is 0 Å². The molecule has 1 amide bonds. The van der Waals surface area contributed by atoms with Gasteiger partial charge in [0.2, 0.25) is 0 Å². The number of aromatic hydroxyl groups is 1. The first kappa shape index (κ1) is 18.1. The molecule has 4 heteroatoms. The van der Waals surface area contributed by atoms with Gasteiger partial charge in [-0.2, -0.15) is 0 Å². The van der Waals surface area contributed by atoms with Crippen LogP contribution in [0.2, 0.25) is 0 Å². The number of benzene rings is 3. The summed E-state index contributed by atoms with van der Waals surface area (Å²) in [6.07, 6.45) is 1.63.